The highest BCUT2D eigenvalue weighted by Gasteiger charge is 2.05. The Bertz CT molecular complexity index is 704. The molecule has 0 amide bonds. The van der Waals surface area contributed by atoms with Gasteiger partial charge in [0.2, 0.25) is 0 Å². The average Bonchev–Trinajstić information content (AvgIpc) is 2.47. The van der Waals surface area contributed by atoms with E-state index in [1.54, 1.807) is 6.07 Å². The van der Waals surface area contributed by atoms with Gasteiger partial charge in [-0.2, -0.15) is 0 Å². The van der Waals surface area contributed by atoms with Crippen molar-refractivity contribution >= 4 is 0 Å². The maximum Gasteiger partial charge on any atom is 0.159 e. The first-order valence-corrected chi connectivity index (χ1v) is 6.15. The molecule has 2 aromatic carbocycles. The fourth-order valence-corrected chi connectivity index (χ4v) is 1.63. The standard InChI is InChI=1S/C16H12F3NO/c17-14-6-3-11(8-16(14)19)10-21-13-5-4-12(2-1-7-20)15(18)9-13/h3-6,8-9H,7,10,20H2. The number of ether oxygens (including phenoxy) is 1. The molecule has 2 aromatic rings. The Kier molecular flexibility index (Phi) is 4.85. The number of hydrogen-bond donors (Lipinski definition) is 1. The lowest BCUT2D eigenvalue weighted by Crippen LogP contribution is -1.98. The number of hydrogen-bond acceptors (Lipinski definition) is 2. The highest BCUT2D eigenvalue weighted by atomic mass is 19.2. The first kappa shape index (κ1) is 14.9. The zero-order chi connectivity index (χ0) is 15.2. The van der Waals surface area contributed by atoms with Crippen molar-refractivity contribution in [3.63, 3.8) is 0 Å². The summed E-state index contributed by atoms with van der Waals surface area (Å²) in [4.78, 5) is 0. The normalized spacial score (nSPS) is 9.90. The van der Waals surface area contributed by atoms with Crippen molar-refractivity contribution in [1.82, 2.24) is 0 Å². The monoisotopic (exact) mass is 291 g/mol. The van der Waals surface area contributed by atoms with Gasteiger partial charge in [0.15, 0.2) is 11.6 Å². The highest BCUT2D eigenvalue weighted by Crippen LogP contribution is 2.18. The minimum Gasteiger partial charge on any atom is -0.489 e. The largest absolute Gasteiger partial charge is 0.489 e. The maximum absolute atomic E-state index is 13.7. The van der Waals surface area contributed by atoms with Gasteiger partial charge in [0.05, 0.1) is 12.1 Å². The Morgan fingerprint density at radius 2 is 1.76 bits per heavy atom. The van der Waals surface area contributed by atoms with E-state index < -0.39 is 17.5 Å². The smallest absolute Gasteiger partial charge is 0.159 e. The van der Waals surface area contributed by atoms with Crippen molar-refractivity contribution in [3.05, 3.63) is 65.0 Å². The quantitative estimate of drug-likeness (QED) is 0.882. The van der Waals surface area contributed by atoms with E-state index >= 15 is 0 Å². The van der Waals surface area contributed by atoms with Gasteiger partial charge in [-0.15, -0.1) is 0 Å². The van der Waals surface area contributed by atoms with E-state index in [1.165, 1.54) is 18.2 Å². The first-order valence-electron chi connectivity index (χ1n) is 6.15. The summed E-state index contributed by atoms with van der Waals surface area (Å²) in [5.41, 5.74) is 5.88. The van der Waals surface area contributed by atoms with Gasteiger partial charge < -0.3 is 10.5 Å². The summed E-state index contributed by atoms with van der Waals surface area (Å²) < 4.78 is 44.8. The molecule has 0 aliphatic carbocycles. The summed E-state index contributed by atoms with van der Waals surface area (Å²) >= 11 is 0. The van der Waals surface area contributed by atoms with Crippen molar-refractivity contribution in [3.8, 4) is 17.6 Å². The summed E-state index contributed by atoms with van der Waals surface area (Å²) in [6.07, 6.45) is 0. The Morgan fingerprint density at radius 3 is 2.43 bits per heavy atom. The third-order valence-corrected chi connectivity index (χ3v) is 2.66. The molecule has 5 heteroatoms. The van der Waals surface area contributed by atoms with Crippen LogP contribution in [0.2, 0.25) is 0 Å². The molecule has 0 atom stereocenters. The molecule has 0 unspecified atom stereocenters. The minimum absolute atomic E-state index is 0.00443. The van der Waals surface area contributed by atoms with E-state index in [2.05, 4.69) is 11.8 Å². The van der Waals surface area contributed by atoms with Crippen LogP contribution in [-0.4, -0.2) is 6.54 Å². The van der Waals surface area contributed by atoms with Crippen LogP contribution in [0.25, 0.3) is 0 Å². The molecule has 0 aliphatic heterocycles. The Morgan fingerprint density at radius 1 is 0.952 bits per heavy atom. The lowest BCUT2D eigenvalue weighted by Gasteiger charge is -2.07. The Labute approximate surface area is 120 Å². The maximum atomic E-state index is 13.7. The molecule has 21 heavy (non-hydrogen) atoms. The molecule has 108 valence electrons. The third-order valence-electron chi connectivity index (χ3n) is 2.66. The van der Waals surface area contributed by atoms with Crippen molar-refractivity contribution < 1.29 is 17.9 Å². The Balaban J connectivity index is 2.06. The number of rotatable bonds is 3. The van der Waals surface area contributed by atoms with Crippen molar-refractivity contribution in [2.24, 2.45) is 5.73 Å². The lowest BCUT2D eigenvalue weighted by atomic mass is 10.2. The van der Waals surface area contributed by atoms with Gasteiger partial charge in [-0.25, -0.2) is 13.2 Å². The molecule has 0 saturated carbocycles. The topological polar surface area (TPSA) is 35.2 Å². The molecule has 2 nitrogen and oxygen atoms in total. The van der Waals surface area contributed by atoms with E-state index in [1.807, 2.05) is 0 Å². The molecule has 0 heterocycles. The summed E-state index contributed by atoms with van der Waals surface area (Å²) in [6, 6.07) is 7.64. The van der Waals surface area contributed by atoms with Crippen LogP contribution in [0.5, 0.6) is 5.75 Å². The molecule has 0 saturated heterocycles. The first-order chi connectivity index (χ1) is 10.1. The molecule has 0 aliphatic rings. The molecular weight excluding hydrogens is 279 g/mol. The van der Waals surface area contributed by atoms with Crippen LogP contribution in [-0.2, 0) is 6.61 Å². The fourth-order valence-electron chi connectivity index (χ4n) is 1.63. The zero-order valence-electron chi connectivity index (χ0n) is 11.0. The van der Waals surface area contributed by atoms with Crippen LogP contribution >= 0.6 is 0 Å². The van der Waals surface area contributed by atoms with Gasteiger partial charge in [-0.3, -0.25) is 0 Å². The minimum atomic E-state index is -0.949. The molecule has 0 spiro atoms. The highest BCUT2D eigenvalue weighted by molar-refractivity contribution is 5.40. The predicted octanol–water partition coefficient (Wildman–Crippen LogP) is 2.99. The lowest BCUT2D eigenvalue weighted by molar-refractivity contribution is 0.303. The van der Waals surface area contributed by atoms with E-state index in [9.17, 15) is 13.2 Å². The van der Waals surface area contributed by atoms with Crippen molar-refractivity contribution in [2.75, 3.05) is 6.54 Å². The predicted molar refractivity (Wildman–Crippen MR) is 73.0 cm³/mol. The van der Waals surface area contributed by atoms with E-state index in [-0.39, 0.29) is 24.5 Å². The van der Waals surface area contributed by atoms with Crippen LogP contribution in [0, 0.1) is 29.3 Å². The van der Waals surface area contributed by atoms with Gasteiger partial charge in [-0.05, 0) is 29.8 Å². The van der Waals surface area contributed by atoms with Crippen LogP contribution in [0.4, 0.5) is 13.2 Å². The number of nitrogens with two attached hydrogens (primary N) is 1. The second kappa shape index (κ2) is 6.82. The van der Waals surface area contributed by atoms with E-state index in [0.29, 0.717) is 5.56 Å². The van der Waals surface area contributed by atoms with E-state index in [0.717, 1.165) is 12.1 Å². The second-order valence-corrected chi connectivity index (χ2v) is 4.18. The molecular formula is C16H12F3NO. The molecule has 0 radical (unpaired) electrons. The average molecular weight is 291 g/mol. The molecule has 2 N–H and O–H groups in total. The van der Waals surface area contributed by atoms with Crippen LogP contribution in [0.1, 0.15) is 11.1 Å². The van der Waals surface area contributed by atoms with Crippen molar-refractivity contribution in [2.45, 2.75) is 6.61 Å². The molecule has 0 fully saturated rings. The van der Waals surface area contributed by atoms with Crippen LogP contribution in [0.15, 0.2) is 36.4 Å². The Hall–Kier alpha value is -2.45. The molecule has 2 rings (SSSR count). The van der Waals surface area contributed by atoms with Crippen LogP contribution < -0.4 is 10.5 Å². The van der Waals surface area contributed by atoms with Gasteiger partial charge >= 0.3 is 0 Å². The van der Waals surface area contributed by atoms with E-state index in [4.69, 9.17) is 10.5 Å². The summed E-state index contributed by atoms with van der Waals surface area (Å²) in [5, 5.41) is 0. The number of benzene rings is 2. The molecule has 0 bridgehead atoms. The summed E-state index contributed by atoms with van der Waals surface area (Å²) in [5.74, 6) is 3.02. The van der Waals surface area contributed by atoms with Crippen molar-refractivity contribution in [1.29, 1.82) is 0 Å². The number of halogens is 3. The van der Waals surface area contributed by atoms with Gasteiger partial charge in [-0.1, -0.05) is 17.9 Å². The summed E-state index contributed by atoms with van der Waals surface area (Å²) in [7, 11) is 0. The SMILES string of the molecule is NCC#Cc1ccc(OCc2ccc(F)c(F)c2)cc1F. The second-order valence-electron chi connectivity index (χ2n) is 4.18. The summed E-state index contributed by atoms with van der Waals surface area (Å²) in [6.45, 7) is 0.151. The van der Waals surface area contributed by atoms with Gasteiger partial charge in [0.1, 0.15) is 18.2 Å². The zero-order valence-corrected chi connectivity index (χ0v) is 11.0. The van der Waals surface area contributed by atoms with Gasteiger partial charge in [0, 0.05) is 6.07 Å². The van der Waals surface area contributed by atoms with Gasteiger partial charge in [0.25, 0.3) is 0 Å². The molecule has 0 aromatic heterocycles. The van der Waals surface area contributed by atoms with Crippen LogP contribution in [0.3, 0.4) is 0 Å². The fraction of sp³-hybridized carbons (Fsp3) is 0.125. The third kappa shape index (κ3) is 4.01.